The third kappa shape index (κ3) is 3.22. The van der Waals surface area contributed by atoms with Gasteiger partial charge < -0.3 is 9.84 Å². The fraction of sp³-hybridized carbons (Fsp3) is 0.222. The number of rotatable bonds is 3. The highest BCUT2D eigenvalue weighted by Crippen LogP contribution is 2.10. The molecule has 74 valence electrons. The van der Waals surface area contributed by atoms with Gasteiger partial charge in [0, 0.05) is 18.0 Å². The smallest absolute Gasteiger partial charge is 0.322 e. The van der Waals surface area contributed by atoms with E-state index in [1.807, 2.05) is 0 Å². The van der Waals surface area contributed by atoms with Crippen LogP contribution in [0.25, 0.3) is 0 Å². The van der Waals surface area contributed by atoms with Gasteiger partial charge in [-0.1, -0.05) is 0 Å². The normalized spacial score (nSPS) is 9.50. The van der Waals surface area contributed by atoms with E-state index in [2.05, 4.69) is 4.98 Å². The number of aliphatic carboxylic acids is 1. The Hall–Kier alpha value is -1.91. The summed E-state index contributed by atoms with van der Waals surface area (Å²) in [7, 11) is 0. The molecule has 0 bridgehead atoms. The van der Waals surface area contributed by atoms with Crippen molar-refractivity contribution >= 4 is 11.9 Å². The first-order valence-corrected chi connectivity index (χ1v) is 3.93. The van der Waals surface area contributed by atoms with Gasteiger partial charge in [-0.05, 0) is 13.0 Å². The molecule has 0 aliphatic rings. The van der Waals surface area contributed by atoms with E-state index in [-0.39, 0.29) is 0 Å². The molecule has 1 rings (SSSR count). The molecule has 1 aromatic heterocycles. The lowest BCUT2D eigenvalue weighted by Gasteiger charge is -2.02. The molecule has 0 unspecified atom stereocenters. The first-order valence-electron chi connectivity index (χ1n) is 3.93. The number of carbonyl (C=O) groups excluding carboxylic acids is 1. The van der Waals surface area contributed by atoms with Gasteiger partial charge in [-0.15, -0.1) is 0 Å². The van der Waals surface area contributed by atoms with E-state index in [1.165, 1.54) is 12.3 Å². The number of aryl methyl sites for hydroxylation is 1. The predicted molar refractivity (Wildman–Crippen MR) is 46.9 cm³/mol. The predicted octanol–water partition coefficient (Wildman–Crippen LogP) is 0.770. The van der Waals surface area contributed by atoms with Gasteiger partial charge in [-0.3, -0.25) is 14.6 Å². The van der Waals surface area contributed by atoms with Crippen LogP contribution in [-0.2, 0) is 9.59 Å². The quantitative estimate of drug-likeness (QED) is 0.569. The maximum Gasteiger partial charge on any atom is 0.322 e. The summed E-state index contributed by atoms with van der Waals surface area (Å²) >= 11 is 0. The van der Waals surface area contributed by atoms with Crippen LogP contribution in [0.15, 0.2) is 18.3 Å². The molecule has 14 heavy (non-hydrogen) atoms. The van der Waals surface area contributed by atoms with E-state index in [9.17, 15) is 9.59 Å². The lowest BCUT2D eigenvalue weighted by molar-refractivity contribution is -0.145. The van der Waals surface area contributed by atoms with Gasteiger partial charge in [0.05, 0.1) is 0 Å². The maximum atomic E-state index is 10.9. The molecule has 1 aromatic rings. The highest BCUT2D eigenvalue weighted by Gasteiger charge is 2.09. The van der Waals surface area contributed by atoms with Crippen molar-refractivity contribution in [3.63, 3.8) is 0 Å². The number of carboxylic acids is 1. The second kappa shape index (κ2) is 4.36. The molecule has 0 fully saturated rings. The summed E-state index contributed by atoms with van der Waals surface area (Å²) in [6.45, 7) is 1.74. The number of carboxylic acid groups (broad SMARTS) is 1. The molecule has 1 heterocycles. The summed E-state index contributed by atoms with van der Waals surface area (Å²) in [5.74, 6) is -1.69. The Kier molecular flexibility index (Phi) is 3.17. The standard InChI is InChI=1S/C9H9NO4/c1-6-4-7(2-3-10-6)14-9(13)5-8(11)12/h2-4H,5H2,1H3,(H,11,12). The highest BCUT2D eigenvalue weighted by molar-refractivity contribution is 5.91. The Morgan fingerprint density at radius 2 is 2.29 bits per heavy atom. The molecular weight excluding hydrogens is 186 g/mol. The van der Waals surface area contributed by atoms with Crippen molar-refractivity contribution in [2.75, 3.05) is 0 Å². The van der Waals surface area contributed by atoms with Crippen LogP contribution in [0.4, 0.5) is 0 Å². The van der Waals surface area contributed by atoms with Crippen LogP contribution in [0.3, 0.4) is 0 Å². The summed E-state index contributed by atoms with van der Waals surface area (Å²) in [4.78, 5) is 25.0. The Balaban J connectivity index is 2.60. The lowest BCUT2D eigenvalue weighted by atomic mass is 10.3. The third-order valence-corrected chi connectivity index (χ3v) is 1.40. The number of aromatic nitrogens is 1. The fourth-order valence-electron chi connectivity index (χ4n) is 0.874. The molecule has 5 nitrogen and oxygen atoms in total. The van der Waals surface area contributed by atoms with Crippen molar-refractivity contribution in [1.29, 1.82) is 0 Å². The molecule has 0 aromatic carbocycles. The summed E-state index contributed by atoms with van der Waals surface area (Å²) in [5.41, 5.74) is 0.700. The van der Waals surface area contributed by atoms with E-state index in [4.69, 9.17) is 9.84 Å². The molecule has 0 saturated heterocycles. The summed E-state index contributed by atoms with van der Waals surface area (Å²) in [6.07, 6.45) is 0.847. The summed E-state index contributed by atoms with van der Waals surface area (Å²) in [6, 6.07) is 3.05. The molecule has 0 saturated carbocycles. The number of esters is 1. The van der Waals surface area contributed by atoms with Crippen LogP contribution < -0.4 is 4.74 Å². The average Bonchev–Trinajstić information content (AvgIpc) is 2.01. The van der Waals surface area contributed by atoms with Crippen molar-refractivity contribution in [2.24, 2.45) is 0 Å². The molecule has 0 aliphatic heterocycles. The molecule has 0 radical (unpaired) electrons. The average molecular weight is 195 g/mol. The number of carbonyl (C=O) groups is 2. The zero-order chi connectivity index (χ0) is 10.6. The van der Waals surface area contributed by atoms with Crippen LogP contribution in [0, 0.1) is 6.92 Å². The van der Waals surface area contributed by atoms with Crippen molar-refractivity contribution in [3.05, 3.63) is 24.0 Å². The number of pyridine rings is 1. The van der Waals surface area contributed by atoms with Gasteiger partial charge in [-0.25, -0.2) is 0 Å². The van der Waals surface area contributed by atoms with Gasteiger partial charge in [0.25, 0.3) is 0 Å². The number of ether oxygens (including phenoxy) is 1. The van der Waals surface area contributed by atoms with Gasteiger partial charge in [-0.2, -0.15) is 0 Å². The van der Waals surface area contributed by atoms with Crippen molar-refractivity contribution in [3.8, 4) is 5.75 Å². The van der Waals surface area contributed by atoms with Crippen LogP contribution in [0.2, 0.25) is 0 Å². The van der Waals surface area contributed by atoms with Crippen LogP contribution >= 0.6 is 0 Å². The molecule has 0 spiro atoms. The first-order chi connectivity index (χ1) is 6.58. The van der Waals surface area contributed by atoms with E-state index in [0.717, 1.165) is 0 Å². The molecule has 5 heteroatoms. The Morgan fingerprint density at radius 1 is 1.57 bits per heavy atom. The molecule has 0 atom stereocenters. The minimum atomic E-state index is -1.21. The molecule has 0 aliphatic carbocycles. The Bertz CT molecular complexity index is 362. The van der Waals surface area contributed by atoms with Crippen molar-refractivity contribution in [2.45, 2.75) is 13.3 Å². The Labute approximate surface area is 80.3 Å². The van der Waals surface area contributed by atoms with Crippen LogP contribution in [-0.4, -0.2) is 22.0 Å². The van der Waals surface area contributed by atoms with Crippen LogP contribution in [0.1, 0.15) is 12.1 Å². The Morgan fingerprint density at radius 3 is 2.86 bits per heavy atom. The SMILES string of the molecule is Cc1cc(OC(=O)CC(=O)O)ccn1. The molecule has 1 N–H and O–H groups in total. The topological polar surface area (TPSA) is 76.5 Å². The lowest BCUT2D eigenvalue weighted by Crippen LogP contribution is -2.13. The largest absolute Gasteiger partial charge is 0.481 e. The van der Waals surface area contributed by atoms with E-state index < -0.39 is 18.4 Å². The van der Waals surface area contributed by atoms with Gasteiger partial charge in [0.2, 0.25) is 0 Å². The zero-order valence-corrected chi connectivity index (χ0v) is 7.56. The number of hydrogen-bond donors (Lipinski definition) is 1. The van der Waals surface area contributed by atoms with Crippen molar-refractivity contribution < 1.29 is 19.4 Å². The van der Waals surface area contributed by atoms with Crippen molar-refractivity contribution in [1.82, 2.24) is 4.98 Å². The third-order valence-electron chi connectivity index (χ3n) is 1.40. The second-order valence-corrected chi connectivity index (χ2v) is 2.68. The minimum absolute atomic E-state index is 0.309. The number of nitrogens with zero attached hydrogens (tertiary/aromatic N) is 1. The summed E-state index contributed by atoms with van der Waals surface area (Å²) < 4.78 is 4.75. The number of hydrogen-bond acceptors (Lipinski definition) is 4. The van der Waals surface area contributed by atoms with Crippen LogP contribution in [0.5, 0.6) is 5.75 Å². The van der Waals surface area contributed by atoms with E-state index in [0.29, 0.717) is 11.4 Å². The first kappa shape index (κ1) is 10.2. The minimum Gasteiger partial charge on any atom is -0.481 e. The zero-order valence-electron chi connectivity index (χ0n) is 7.56. The maximum absolute atomic E-state index is 10.9. The monoisotopic (exact) mass is 195 g/mol. The highest BCUT2D eigenvalue weighted by atomic mass is 16.5. The van der Waals surface area contributed by atoms with E-state index in [1.54, 1.807) is 13.0 Å². The van der Waals surface area contributed by atoms with Gasteiger partial charge in [0.1, 0.15) is 12.2 Å². The second-order valence-electron chi connectivity index (χ2n) is 2.68. The fourth-order valence-corrected chi connectivity index (χ4v) is 0.874. The van der Waals surface area contributed by atoms with E-state index >= 15 is 0 Å². The van der Waals surface area contributed by atoms with Gasteiger partial charge in [0.15, 0.2) is 0 Å². The molecular formula is C9H9NO4. The molecule has 0 amide bonds. The van der Waals surface area contributed by atoms with Gasteiger partial charge >= 0.3 is 11.9 Å². The summed E-state index contributed by atoms with van der Waals surface area (Å²) in [5, 5.41) is 8.30.